The van der Waals surface area contributed by atoms with Crippen LogP contribution in [0.3, 0.4) is 0 Å². The number of ether oxygens (including phenoxy) is 1. The molecule has 12 heteroatoms. The summed E-state index contributed by atoms with van der Waals surface area (Å²) in [5, 5.41) is 5.93. The minimum Gasteiger partial charge on any atom is -0.453 e. The smallest absolute Gasteiger partial charge is 0.407 e. The van der Waals surface area contributed by atoms with E-state index in [0.717, 1.165) is 83.8 Å². The molecule has 3 fully saturated rings. The first-order valence-corrected chi connectivity index (χ1v) is 19.9. The molecule has 2 bridgehead atoms. The molecule has 56 heavy (non-hydrogen) atoms. The van der Waals surface area contributed by atoms with Gasteiger partial charge in [-0.1, -0.05) is 62.4 Å². The summed E-state index contributed by atoms with van der Waals surface area (Å²) in [7, 11) is 1.30. The van der Waals surface area contributed by atoms with Crippen molar-refractivity contribution in [2.24, 2.45) is 23.7 Å². The van der Waals surface area contributed by atoms with Crippen molar-refractivity contribution < 1.29 is 19.1 Å². The fourth-order valence-electron chi connectivity index (χ4n) is 9.24. The number of carbonyl (C=O) groups is 3. The second-order valence-electron chi connectivity index (χ2n) is 15.8. The Labute approximate surface area is 327 Å². The third-order valence-corrected chi connectivity index (χ3v) is 12.2. The number of imidazole rings is 2. The Balaban J connectivity index is 0.906. The van der Waals surface area contributed by atoms with Gasteiger partial charge in [0.1, 0.15) is 17.7 Å². The summed E-state index contributed by atoms with van der Waals surface area (Å²) in [6.07, 6.45) is 12.5. The Morgan fingerprint density at radius 3 is 2.07 bits per heavy atom. The number of methoxy groups -OCH3 is 1. The maximum atomic E-state index is 13.5. The molecule has 2 aliphatic carbocycles. The third-order valence-electron chi connectivity index (χ3n) is 12.2. The average molecular weight is 755 g/mol. The summed E-state index contributed by atoms with van der Waals surface area (Å²) in [4.78, 5) is 61.5. The second-order valence-corrected chi connectivity index (χ2v) is 15.8. The van der Waals surface area contributed by atoms with Crippen LogP contribution >= 0.6 is 0 Å². The molecule has 2 aromatic carbocycles. The summed E-state index contributed by atoms with van der Waals surface area (Å²) >= 11 is 0. The normalized spacial score (nSPS) is 22.0. The van der Waals surface area contributed by atoms with Crippen molar-refractivity contribution in [2.75, 3.05) is 20.2 Å². The molecule has 4 heterocycles. The number of nitrogens with zero attached hydrogens (tertiary/aromatic N) is 4. The Hall–Kier alpha value is -5.78. The SMILES string of the molecule is COC(=O)N[C@H](C(=O)N1CCC[C@H]1c1ncc(-c2ccc(-c3ccc(-c4cnc([C@@H]5C6CCC(C6)C5C(=O)NCCc5ccncc5)[nH]4)cc3)cc2)[nH]1)C(C)C. The van der Waals surface area contributed by atoms with Crippen molar-refractivity contribution in [3.05, 3.63) is 103 Å². The van der Waals surface area contributed by atoms with E-state index in [1.54, 1.807) is 12.4 Å². The lowest BCUT2D eigenvalue weighted by molar-refractivity contribution is -0.135. The van der Waals surface area contributed by atoms with Gasteiger partial charge in [0.05, 0.1) is 42.9 Å². The molecule has 3 aliphatic rings. The van der Waals surface area contributed by atoms with Crippen molar-refractivity contribution in [1.82, 2.24) is 40.5 Å². The molecule has 1 saturated heterocycles. The first-order valence-electron chi connectivity index (χ1n) is 19.9. The van der Waals surface area contributed by atoms with E-state index < -0.39 is 12.1 Å². The van der Waals surface area contributed by atoms with Gasteiger partial charge in [0.15, 0.2) is 0 Å². The number of rotatable bonds is 12. The Bertz CT molecular complexity index is 2150. The molecule has 2 saturated carbocycles. The van der Waals surface area contributed by atoms with Crippen LogP contribution in [0.2, 0.25) is 0 Å². The molecular weight excluding hydrogens is 705 g/mol. The zero-order valence-corrected chi connectivity index (χ0v) is 32.2. The summed E-state index contributed by atoms with van der Waals surface area (Å²) in [6.45, 7) is 5.05. The summed E-state index contributed by atoms with van der Waals surface area (Å²) < 4.78 is 4.76. The largest absolute Gasteiger partial charge is 0.453 e. The van der Waals surface area contributed by atoms with E-state index in [2.05, 4.69) is 79.1 Å². The Morgan fingerprint density at radius 2 is 1.43 bits per heavy atom. The highest BCUT2D eigenvalue weighted by atomic mass is 16.5. The molecule has 3 amide bonds. The van der Waals surface area contributed by atoms with Crippen LogP contribution in [0.15, 0.2) is 85.5 Å². The summed E-state index contributed by atoms with van der Waals surface area (Å²) in [5.41, 5.74) is 7.25. The predicted octanol–water partition coefficient (Wildman–Crippen LogP) is 7.06. The van der Waals surface area contributed by atoms with Gasteiger partial charge in [-0.2, -0.15) is 0 Å². The molecule has 12 nitrogen and oxygen atoms in total. The van der Waals surface area contributed by atoms with Crippen molar-refractivity contribution in [3.63, 3.8) is 0 Å². The molecule has 0 radical (unpaired) electrons. The van der Waals surface area contributed by atoms with Crippen LogP contribution < -0.4 is 10.6 Å². The number of benzene rings is 2. The van der Waals surface area contributed by atoms with E-state index in [4.69, 9.17) is 9.72 Å². The standard InChI is InChI=1S/C44H50N8O4/c1-26(2)39(51-44(55)56-3)43(54)52-22-4-5-36(52)40-47-24-34(49-40)30-10-6-28(7-11-30)29-8-12-31(13-9-29)35-25-48-41(50-35)37-32-14-15-33(23-32)38(37)42(53)46-21-18-27-16-19-45-20-17-27/h6-13,16-17,19-20,24-26,32-33,36-39H,4-5,14-15,18,21-23H2,1-3H3,(H,46,53)(H,47,49)(H,48,50)(H,51,55)/t32?,33?,36-,37+,38?,39-/m0/s1. The minimum atomic E-state index is -0.676. The summed E-state index contributed by atoms with van der Waals surface area (Å²) in [6, 6.07) is 20.0. The van der Waals surface area contributed by atoms with Crippen molar-refractivity contribution in [3.8, 4) is 33.6 Å². The number of hydrogen-bond acceptors (Lipinski definition) is 7. The van der Waals surface area contributed by atoms with Crippen LogP contribution in [-0.2, 0) is 20.7 Å². The van der Waals surface area contributed by atoms with E-state index in [0.29, 0.717) is 24.9 Å². The van der Waals surface area contributed by atoms with Crippen LogP contribution in [0.4, 0.5) is 4.79 Å². The van der Waals surface area contributed by atoms with Crippen molar-refractivity contribution in [1.29, 1.82) is 0 Å². The van der Waals surface area contributed by atoms with Gasteiger partial charge >= 0.3 is 6.09 Å². The summed E-state index contributed by atoms with van der Waals surface area (Å²) in [5.74, 6) is 2.54. The number of pyridine rings is 1. The molecule has 0 spiro atoms. The van der Waals surface area contributed by atoms with Gasteiger partial charge < -0.3 is 30.2 Å². The number of H-pyrrole nitrogens is 2. The second kappa shape index (κ2) is 16.1. The Kier molecular flexibility index (Phi) is 10.7. The topological polar surface area (TPSA) is 158 Å². The van der Waals surface area contributed by atoms with Gasteiger partial charge in [-0.25, -0.2) is 14.8 Å². The van der Waals surface area contributed by atoms with E-state index in [9.17, 15) is 14.4 Å². The van der Waals surface area contributed by atoms with E-state index in [-0.39, 0.29) is 35.6 Å². The molecule has 3 aromatic heterocycles. The van der Waals surface area contributed by atoms with Crippen LogP contribution in [0.1, 0.15) is 75.1 Å². The number of alkyl carbamates (subject to hydrolysis) is 1. The molecular formula is C44H50N8O4. The van der Waals surface area contributed by atoms with Crippen molar-refractivity contribution >= 4 is 17.9 Å². The zero-order valence-electron chi connectivity index (χ0n) is 32.2. The first-order chi connectivity index (χ1) is 27.3. The average Bonchev–Trinajstić information content (AvgIpc) is 4.09. The lowest BCUT2D eigenvalue weighted by atomic mass is 9.78. The number of aromatic nitrogens is 5. The number of fused-ring (bicyclic) bond motifs is 2. The van der Waals surface area contributed by atoms with E-state index in [1.165, 1.54) is 12.7 Å². The predicted molar refractivity (Wildman–Crippen MR) is 213 cm³/mol. The monoisotopic (exact) mass is 754 g/mol. The van der Waals surface area contributed by atoms with Gasteiger partial charge in [-0.05, 0) is 96.2 Å². The zero-order chi connectivity index (χ0) is 38.8. The maximum Gasteiger partial charge on any atom is 0.407 e. The van der Waals surface area contributed by atoms with E-state index >= 15 is 0 Å². The Morgan fingerprint density at radius 1 is 0.821 bits per heavy atom. The molecule has 6 atom stereocenters. The van der Waals surface area contributed by atoms with Crippen LogP contribution in [0.25, 0.3) is 33.6 Å². The number of carbonyl (C=O) groups excluding carboxylic acids is 3. The fourth-order valence-corrected chi connectivity index (χ4v) is 9.24. The molecule has 1 aliphatic heterocycles. The number of hydrogen-bond donors (Lipinski definition) is 4. The quantitative estimate of drug-likeness (QED) is 0.106. The van der Waals surface area contributed by atoms with Gasteiger partial charge in [0, 0.05) is 31.4 Å². The van der Waals surface area contributed by atoms with Crippen LogP contribution in [0.5, 0.6) is 0 Å². The minimum absolute atomic E-state index is 0.0511. The van der Waals surface area contributed by atoms with Gasteiger partial charge in [-0.3, -0.25) is 14.6 Å². The highest BCUT2D eigenvalue weighted by Crippen LogP contribution is 2.56. The lowest BCUT2D eigenvalue weighted by Gasteiger charge is -2.30. The molecule has 3 unspecified atom stereocenters. The van der Waals surface area contributed by atoms with Gasteiger partial charge in [0.25, 0.3) is 0 Å². The molecule has 290 valence electrons. The van der Waals surface area contributed by atoms with Crippen LogP contribution in [-0.4, -0.2) is 74.0 Å². The molecule has 5 aromatic rings. The van der Waals surface area contributed by atoms with Gasteiger partial charge in [0.2, 0.25) is 11.8 Å². The van der Waals surface area contributed by atoms with Gasteiger partial charge in [-0.15, -0.1) is 0 Å². The fraction of sp³-hybridized carbons (Fsp3) is 0.409. The first kappa shape index (κ1) is 37.2. The number of aromatic amines is 2. The van der Waals surface area contributed by atoms with Crippen molar-refractivity contribution in [2.45, 2.75) is 70.4 Å². The number of likely N-dealkylation sites (tertiary alicyclic amines) is 1. The molecule has 4 N–H and O–H groups in total. The maximum absolute atomic E-state index is 13.5. The highest BCUT2D eigenvalue weighted by molar-refractivity contribution is 5.86. The third kappa shape index (κ3) is 7.56. The number of nitrogens with one attached hydrogen (secondary N) is 4. The number of amides is 3. The van der Waals surface area contributed by atoms with Crippen LogP contribution in [0, 0.1) is 23.7 Å². The van der Waals surface area contributed by atoms with E-state index in [1.807, 2.05) is 43.3 Å². The molecule has 8 rings (SSSR count). The highest BCUT2D eigenvalue weighted by Gasteiger charge is 2.52. The lowest BCUT2D eigenvalue weighted by Crippen LogP contribution is -2.51.